The molecule has 0 radical (unpaired) electrons. The molecule has 0 aliphatic rings. The maximum atomic E-state index is 4.99. The van der Waals surface area contributed by atoms with Gasteiger partial charge in [-0.05, 0) is 29.5 Å². The SMILES string of the molecule is CSOSSSSSSSSS. The lowest BCUT2D eigenvalue weighted by Crippen LogP contribution is -1.49. The van der Waals surface area contributed by atoms with Gasteiger partial charge in [0.15, 0.2) is 0 Å². The first-order valence-corrected chi connectivity index (χ1v) is 14.4. The summed E-state index contributed by atoms with van der Waals surface area (Å²) in [6.45, 7) is 0. The second-order valence-corrected chi connectivity index (χ2v) is 14.8. The van der Waals surface area contributed by atoms with Gasteiger partial charge in [-0.2, -0.15) is 0 Å². The van der Waals surface area contributed by atoms with Crippen LogP contribution in [0.2, 0.25) is 0 Å². The van der Waals surface area contributed by atoms with Crippen LogP contribution < -0.4 is 0 Å². The van der Waals surface area contributed by atoms with Gasteiger partial charge in [0.05, 0.1) is 11.1 Å². The monoisotopic (exact) mass is 352 g/mol. The zero-order chi connectivity index (χ0) is 9.07. The highest BCUT2D eigenvalue weighted by Crippen LogP contribution is 2.57. The molecule has 0 saturated heterocycles. The molecule has 11 heteroatoms. The summed E-state index contributed by atoms with van der Waals surface area (Å²) in [7, 11) is 11.6. The topological polar surface area (TPSA) is 9.23 Å². The molecule has 0 heterocycles. The Bertz CT molecular complexity index is 66.2. The van der Waals surface area contributed by atoms with Crippen molar-refractivity contribution in [2.75, 3.05) is 6.26 Å². The Labute approximate surface area is 112 Å². The average molecular weight is 353 g/mol. The summed E-state index contributed by atoms with van der Waals surface area (Å²) < 4.78 is 4.99. The third kappa shape index (κ3) is 13.5. The van der Waals surface area contributed by atoms with E-state index in [2.05, 4.69) is 11.7 Å². The molecule has 1 nitrogen and oxygen atoms in total. The highest BCUT2D eigenvalue weighted by Gasteiger charge is 1.95. The van der Waals surface area contributed by atoms with Crippen LogP contribution in [0.25, 0.3) is 0 Å². The van der Waals surface area contributed by atoms with Gasteiger partial charge in [0.25, 0.3) is 0 Å². The summed E-state index contributed by atoms with van der Waals surface area (Å²) in [5, 5.41) is 0. The van der Waals surface area contributed by atoms with E-state index in [1.165, 1.54) is 32.9 Å². The van der Waals surface area contributed by atoms with E-state index in [1.54, 1.807) is 59.0 Å². The lowest BCUT2D eigenvalue weighted by Gasteiger charge is -1.95. The van der Waals surface area contributed by atoms with Crippen molar-refractivity contribution < 1.29 is 3.63 Å². The minimum Gasteiger partial charge on any atom is -0.235 e. The van der Waals surface area contributed by atoms with Crippen molar-refractivity contribution >= 4 is 104 Å². The molecule has 0 unspecified atom stereocenters. The van der Waals surface area contributed by atoms with Crippen LogP contribution in [0.4, 0.5) is 0 Å². The van der Waals surface area contributed by atoms with E-state index in [-0.39, 0.29) is 0 Å². The van der Waals surface area contributed by atoms with Gasteiger partial charge in [0, 0.05) is 57.6 Å². The summed E-state index contributed by atoms with van der Waals surface area (Å²) in [5.41, 5.74) is 0. The van der Waals surface area contributed by atoms with Crippen LogP contribution in [0, 0.1) is 0 Å². The molecule has 0 N–H and O–H groups in total. The zero-order valence-corrected chi connectivity index (χ0v) is 13.8. The van der Waals surface area contributed by atoms with Crippen molar-refractivity contribution in [3.05, 3.63) is 0 Å². The molecule has 74 valence electrons. The Kier molecular flexibility index (Phi) is 18.6. The van der Waals surface area contributed by atoms with E-state index >= 15 is 0 Å². The van der Waals surface area contributed by atoms with Gasteiger partial charge < -0.3 is 0 Å². The molecule has 0 aliphatic heterocycles. The molecular weight excluding hydrogens is 349 g/mol. The van der Waals surface area contributed by atoms with E-state index in [0.29, 0.717) is 0 Å². The number of rotatable bonds is 9. The first kappa shape index (κ1) is 15.5. The van der Waals surface area contributed by atoms with E-state index in [1.807, 2.05) is 6.26 Å². The zero-order valence-electron chi connectivity index (χ0n) is 5.53. The lowest BCUT2D eigenvalue weighted by molar-refractivity contribution is 0.777. The van der Waals surface area contributed by atoms with Crippen LogP contribution >= 0.6 is 104 Å². The third-order valence-corrected chi connectivity index (χ3v) is 15.8. The van der Waals surface area contributed by atoms with Crippen LogP contribution in [-0.4, -0.2) is 6.26 Å². The van der Waals surface area contributed by atoms with E-state index in [0.717, 1.165) is 0 Å². The summed E-state index contributed by atoms with van der Waals surface area (Å²) >= 11 is 6.74. The molecule has 0 atom stereocenters. The predicted octanol–water partition coefficient (Wildman–Crippen LogP) is 6.31. The largest absolute Gasteiger partial charge is 0.235 e. The van der Waals surface area contributed by atoms with Crippen LogP contribution in [0.3, 0.4) is 0 Å². The van der Waals surface area contributed by atoms with Gasteiger partial charge in [-0.3, -0.25) is 0 Å². The van der Waals surface area contributed by atoms with Crippen molar-refractivity contribution in [2.24, 2.45) is 0 Å². The van der Waals surface area contributed by atoms with E-state index in [9.17, 15) is 0 Å². The number of hydrogen-bond donors (Lipinski definition) is 1. The maximum Gasteiger partial charge on any atom is 0.0902 e. The normalized spacial score (nSPS) is 10.5. The molecule has 0 saturated carbocycles. The average Bonchev–Trinajstić information content (AvgIpc) is 2.10. The summed E-state index contributed by atoms with van der Waals surface area (Å²) in [6.07, 6.45) is 1.90. The Morgan fingerprint density at radius 2 is 1.50 bits per heavy atom. The first-order chi connectivity index (χ1) is 5.91. The van der Waals surface area contributed by atoms with Crippen LogP contribution in [-0.2, 0) is 3.63 Å². The van der Waals surface area contributed by atoms with Crippen molar-refractivity contribution in [1.29, 1.82) is 0 Å². The smallest absolute Gasteiger partial charge is 0.0902 e. The molecule has 0 fully saturated rings. The number of thiol groups is 1. The highest BCUT2D eigenvalue weighted by atomic mass is 34.0. The van der Waals surface area contributed by atoms with Gasteiger partial charge in [-0.15, -0.1) is 0 Å². The van der Waals surface area contributed by atoms with Gasteiger partial charge in [-0.25, -0.2) is 3.63 Å². The third-order valence-electron chi connectivity index (χ3n) is 0.293. The molecule has 0 aromatic heterocycles. The van der Waals surface area contributed by atoms with Gasteiger partial charge >= 0.3 is 0 Å². The molecule has 0 aromatic carbocycles. The minimum absolute atomic E-state index is 1.36. The Morgan fingerprint density at radius 3 is 2.08 bits per heavy atom. The van der Waals surface area contributed by atoms with Crippen LogP contribution in [0.1, 0.15) is 0 Å². The molecule has 0 bridgehead atoms. The first-order valence-electron chi connectivity index (χ1n) is 2.09. The Balaban J connectivity index is 2.73. The highest BCUT2D eigenvalue weighted by molar-refractivity contribution is 9.50. The molecule has 12 heavy (non-hydrogen) atoms. The standard InChI is InChI=1S/CH4OS10/c1-4-2-5-7-9-11-12-10-8-6-3/h3H,1H3. The fraction of sp³-hybridized carbons (Fsp3) is 1.00. The van der Waals surface area contributed by atoms with Crippen molar-refractivity contribution in [3.8, 4) is 0 Å². The fourth-order valence-electron chi connectivity index (χ4n) is 0.108. The number of hydrogen-bond acceptors (Lipinski definition) is 11. The molecular formula is CH4OS10. The van der Waals surface area contributed by atoms with Crippen LogP contribution in [0.15, 0.2) is 0 Å². The Hall–Kier alpha value is 3.46. The fourth-order valence-corrected chi connectivity index (χ4v) is 16.6. The second-order valence-electron chi connectivity index (χ2n) is 0.786. The molecule has 0 aromatic rings. The van der Waals surface area contributed by atoms with Crippen molar-refractivity contribution in [3.63, 3.8) is 0 Å². The molecule has 0 spiro atoms. The summed E-state index contributed by atoms with van der Waals surface area (Å²) in [6, 6.07) is 0. The molecule has 0 rings (SSSR count). The molecule has 0 aliphatic carbocycles. The van der Waals surface area contributed by atoms with Crippen molar-refractivity contribution in [2.45, 2.75) is 0 Å². The van der Waals surface area contributed by atoms with Gasteiger partial charge in [-0.1, -0.05) is 11.7 Å². The Morgan fingerprint density at radius 1 is 0.917 bits per heavy atom. The molecule has 0 amide bonds. The minimum atomic E-state index is 1.36. The van der Waals surface area contributed by atoms with E-state index in [4.69, 9.17) is 3.63 Å². The van der Waals surface area contributed by atoms with Gasteiger partial charge in [0.2, 0.25) is 0 Å². The maximum absolute atomic E-state index is 4.99. The van der Waals surface area contributed by atoms with Crippen molar-refractivity contribution in [1.82, 2.24) is 0 Å². The quantitative estimate of drug-likeness (QED) is 0.218. The van der Waals surface area contributed by atoms with Gasteiger partial charge in [0.1, 0.15) is 0 Å². The predicted molar refractivity (Wildman–Crippen MR) is 84.3 cm³/mol. The lowest BCUT2D eigenvalue weighted by atomic mass is 12.0. The van der Waals surface area contributed by atoms with Crippen LogP contribution in [0.5, 0.6) is 0 Å². The second kappa shape index (κ2) is 14.5. The van der Waals surface area contributed by atoms with E-state index < -0.39 is 0 Å². The summed E-state index contributed by atoms with van der Waals surface area (Å²) in [4.78, 5) is 0. The summed E-state index contributed by atoms with van der Waals surface area (Å²) in [5.74, 6) is 0.